The Balaban J connectivity index is 1.33. The molecule has 1 aliphatic heterocycles. The summed E-state index contributed by atoms with van der Waals surface area (Å²) < 4.78 is 5.57. The Bertz CT molecular complexity index is 576. The molecule has 1 heterocycles. The van der Waals surface area contributed by atoms with Crippen LogP contribution < -0.4 is 10.1 Å². The molecule has 1 aromatic rings. The van der Waals surface area contributed by atoms with E-state index in [1.807, 2.05) is 35.2 Å². The molecular weight excluding hydrogens is 328 g/mol. The molecule has 1 saturated heterocycles. The third-order valence-electron chi connectivity index (χ3n) is 5.47. The topological polar surface area (TPSA) is 58.6 Å². The van der Waals surface area contributed by atoms with Crippen molar-refractivity contribution in [3.63, 3.8) is 0 Å². The normalized spacial score (nSPS) is 19.2. The summed E-state index contributed by atoms with van der Waals surface area (Å²) in [7, 11) is 0. The van der Waals surface area contributed by atoms with Gasteiger partial charge in [0.25, 0.3) is 0 Å². The van der Waals surface area contributed by atoms with Crippen LogP contribution >= 0.6 is 0 Å². The molecule has 0 aromatic heterocycles. The highest BCUT2D eigenvalue weighted by molar-refractivity contribution is 5.79. The van der Waals surface area contributed by atoms with Crippen LogP contribution in [-0.2, 0) is 9.59 Å². The van der Waals surface area contributed by atoms with Crippen molar-refractivity contribution in [3.05, 3.63) is 30.3 Å². The molecule has 5 heteroatoms. The Labute approximate surface area is 156 Å². The fourth-order valence-electron chi connectivity index (χ4n) is 3.93. The second-order valence-corrected chi connectivity index (χ2v) is 7.41. The van der Waals surface area contributed by atoms with E-state index in [0.29, 0.717) is 18.9 Å². The van der Waals surface area contributed by atoms with Gasteiger partial charge in [-0.15, -0.1) is 0 Å². The smallest absolute Gasteiger partial charge is 0.225 e. The van der Waals surface area contributed by atoms with Crippen LogP contribution in [0, 0.1) is 5.92 Å². The van der Waals surface area contributed by atoms with Crippen LogP contribution in [0.2, 0.25) is 0 Å². The highest BCUT2D eigenvalue weighted by Gasteiger charge is 2.29. The fraction of sp³-hybridized carbons (Fsp3) is 0.619. The van der Waals surface area contributed by atoms with Gasteiger partial charge in [-0.1, -0.05) is 37.5 Å². The van der Waals surface area contributed by atoms with Gasteiger partial charge in [-0.25, -0.2) is 0 Å². The summed E-state index contributed by atoms with van der Waals surface area (Å²) in [6.45, 7) is 1.91. The zero-order valence-corrected chi connectivity index (χ0v) is 15.5. The van der Waals surface area contributed by atoms with Gasteiger partial charge in [-0.3, -0.25) is 9.59 Å². The Kier molecular flexibility index (Phi) is 6.92. The lowest BCUT2D eigenvalue weighted by Gasteiger charge is -2.35. The molecule has 1 aromatic carbocycles. The van der Waals surface area contributed by atoms with Crippen molar-refractivity contribution in [3.8, 4) is 5.75 Å². The zero-order chi connectivity index (χ0) is 18.2. The Morgan fingerprint density at radius 3 is 2.38 bits per heavy atom. The van der Waals surface area contributed by atoms with E-state index in [4.69, 9.17) is 4.74 Å². The molecule has 5 nitrogen and oxygen atoms in total. The van der Waals surface area contributed by atoms with Crippen LogP contribution in [0.4, 0.5) is 0 Å². The predicted molar refractivity (Wildman–Crippen MR) is 101 cm³/mol. The monoisotopic (exact) mass is 358 g/mol. The van der Waals surface area contributed by atoms with Crippen molar-refractivity contribution in [2.24, 2.45) is 5.92 Å². The molecular formula is C21H30N2O3. The maximum atomic E-state index is 12.6. The van der Waals surface area contributed by atoms with Crippen LogP contribution in [0.3, 0.4) is 0 Å². The Morgan fingerprint density at radius 2 is 1.69 bits per heavy atom. The van der Waals surface area contributed by atoms with E-state index in [1.165, 1.54) is 19.3 Å². The number of carbonyl (C=O) groups excluding carboxylic acids is 2. The average molecular weight is 358 g/mol. The third-order valence-corrected chi connectivity index (χ3v) is 5.47. The van der Waals surface area contributed by atoms with Crippen molar-refractivity contribution in [2.45, 2.75) is 57.4 Å². The number of hydrogen-bond acceptors (Lipinski definition) is 3. The number of rotatable bonds is 6. The SMILES string of the molecule is O=C(CCOc1ccccc1)NC1CCN(C(=O)C2CCCCC2)CC1. The number of nitrogens with one attached hydrogen (secondary N) is 1. The molecule has 2 amide bonds. The molecule has 2 aliphatic rings. The van der Waals surface area contributed by atoms with Gasteiger partial charge in [0.15, 0.2) is 0 Å². The lowest BCUT2D eigenvalue weighted by molar-refractivity contribution is -0.137. The quantitative estimate of drug-likeness (QED) is 0.850. The van der Waals surface area contributed by atoms with Crippen molar-refractivity contribution >= 4 is 11.8 Å². The number of piperidine rings is 1. The van der Waals surface area contributed by atoms with E-state index in [9.17, 15) is 9.59 Å². The standard InChI is InChI=1S/C21H30N2O3/c24-20(13-16-26-19-9-5-2-6-10-19)22-18-11-14-23(15-12-18)21(25)17-7-3-1-4-8-17/h2,5-6,9-10,17-18H,1,3-4,7-8,11-16H2,(H,22,24). The minimum absolute atomic E-state index is 0.0259. The summed E-state index contributed by atoms with van der Waals surface area (Å²) >= 11 is 0. The van der Waals surface area contributed by atoms with Gasteiger partial charge in [0.2, 0.25) is 11.8 Å². The molecule has 2 fully saturated rings. The van der Waals surface area contributed by atoms with Gasteiger partial charge in [0.05, 0.1) is 13.0 Å². The van der Waals surface area contributed by atoms with Gasteiger partial charge in [-0.05, 0) is 37.8 Å². The Hall–Kier alpha value is -2.04. The molecule has 26 heavy (non-hydrogen) atoms. The summed E-state index contributed by atoms with van der Waals surface area (Å²) in [5, 5.41) is 3.09. The van der Waals surface area contributed by atoms with Gasteiger partial charge in [0.1, 0.15) is 5.75 Å². The summed E-state index contributed by atoms with van der Waals surface area (Å²) in [6, 6.07) is 9.71. The first-order chi connectivity index (χ1) is 12.7. The van der Waals surface area contributed by atoms with E-state index >= 15 is 0 Å². The maximum Gasteiger partial charge on any atom is 0.225 e. The van der Waals surface area contributed by atoms with E-state index in [0.717, 1.165) is 44.5 Å². The number of hydrogen-bond donors (Lipinski definition) is 1. The number of benzene rings is 1. The zero-order valence-electron chi connectivity index (χ0n) is 15.5. The number of nitrogens with zero attached hydrogens (tertiary/aromatic N) is 1. The number of carbonyl (C=O) groups is 2. The fourth-order valence-corrected chi connectivity index (χ4v) is 3.93. The molecule has 0 bridgehead atoms. The number of ether oxygens (including phenoxy) is 1. The summed E-state index contributed by atoms with van der Waals surface area (Å²) in [5.41, 5.74) is 0. The van der Waals surface area contributed by atoms with Gasteiger partial charge in [-0.2, -0.15) is 0 Å². The average Bonchev–Trinajstić information content (AvgIpc) is 2.69. The largest absolute Gasteiger partial charge is 0.493 e. The van der Waals surface area contributed by atoms with Gasteiger partial charge >= 0.3 is 0 Å². The lowest BCUT2D eigenvalue weighted by Crippen LogP contribution is -2.48. The van der Waals surface area contributed by atoms with E-state index < -0.39 is 0 Å². The molecule has 0 radical (unpaired) electrons. The highest BCUT2D eigenvalue weighted by Crippen LogP contribution is 2.26. The molecule has 0 atom stereocenters. The second-order valence-electron chi connectivity index (χ2n) is 7.41. The summed E-state index contributed by atoms with van der Waals surface area (Å²) in [5.74, 6) is 1.39. The number of amides is 2. The molecule has 142 valence electrons. The number of para-hydroxylation sites is 1. The van der Waals surface area contributed by atoms with Crippen LogP contribution in [0.1, 0.15) is 51.4 Å². The number of likely N-dealkylation sites (tertiary alicyclic amines) is 1. The molecule has 1 N–H and O–H groups in total. The minimum atomic E-state index is 0.0259. The molecule has 0 unspecified atom stereocenters. The third kappa shape index (κ3) is 5.48. The van der Waals surface area contributed by atoms with Crippen LogP contribution in [0.15, 0.2) is 30.3 Å². The van der Waals surface area contributed by atoms with Crippen LogP contribution in [-0.4, -0.2) is 42.5 Å². The lowest BCUT2D eigenvalue weighted by atomic mass is 9.87. The molecule has 1 aliphatic carbocycles. The maximum absolute atomic E-state index is 12.6. The Morgan fingerprint density at radius 1 is 1.00 bits per heavy atom. The molecule has 1 saturated carbocycles. The van der Waals surface area contributed by atoms with Crippen LogP contribution in [0.25, 0.3) is 0 Å². The predicted octanol–water partition coefficient (Wildman–Crippen LogP) is 3.14. The van der Waals surface area contributed by atoms with Gasteiger partial charge < -0.3 is 15.0 Å². The van der Waals surface area contributed by atoms with Crippen molar-refractivity contribution < 1.29 is 14.3 Å². The van der Waals surface area contributed by atoms with Crippen molar-refractivity contribution in [2.75, 3.05) is 19.7 Å². The first-order valence-electron chi connectivity index (χ1n) is 9.98. The second kappa shape index (κ2) is 9.60. The van der Waals surface area contributed by atoms with Crippen molar-refractivity contribution in [1.29, 1.82) is 0 Å². The van der Waals surface area contributed by atoms with Crippen LogP contribution in [0.5, 0.6) is 5.75 Å². The highest BCUT2D eigenvalue weighted by atomic mass is 16.5. The molecule has 3 rings (SSSR count). The van der Waals surface area contributed by atoms with E-state index in [2.05, 4.69) is 5.32 Å². The van der Waals surface area contributed by atoms with Crippen molar-refractivity contribution in [1.82, 2.24) is 10.2 Å². The molecule has 0 spiro atoms. The van der Waals surface area contributed by atoms with E-state index in [1.54, 1.807) is 0 Å². The summed E-state index contributed by atoms with van der Waals surface area (Å²) in [4.78, 5) is 26.7. The first-order valence-corrected chi connectivity index (χ1v) is 9.98. The first kappa shape index (κ1) is 18.7. The summed E-state index contributed by atoms with van der Waals surface area (Å²) in [6.07, 6.45) is 7.81. The van der Waals surface area contributed by atoms with Gasteiger partial charge in [0, 0.05) is 25.0 Å². The van der Waals surface area contributed by atoms with E-state index in [-0.39, 0.29) is 17.9 Å². The minimum Gasteiger partial charge on any atom is -0.493 e.